The smallest absolute Gasteiger partial charge is 0.306 e. The molecular weight excluding hydrogens is 961 g/mol. The summed E-state index contributed by atoms with van der Waals surface area (Å²) >= 11 is 0. The van der Waals surface area contributed by atoms with Crippen molar-refractivity contribution in [3.05, 3.63) is 12.2 Å². The van der Waals surface area contributed by atoms with E-state index in [1.54, 1.807) is 0 Å². The molecule has 0 radical (unpaired) electrons. The Morgan fingerprint density at radius 1 is 0.244 bits per heavy atom. The molecule has 0 aromatic carbocycles. The maximum atomic E-state index is 12.9. The predicted molar refractivity (Wildman–Crippen MR) is 340 cm³/mol. The van der Waals surface area contributed by atoms with E-state index in [0.717, 1.165) is 57.8 Å². The van der Waals surface area contributed by atoms with Gasteiger partial charge in [-0.05, 0) is 44.9 Å². The quantitative estimate of drug-likeness (QED) is 0.0261. The third-order valence-electron chi connectivity index (χ3n) is 16.5. The van der Waals surface area contributed by atoms with Crippen LogP contribution in [0.2, 0.25) is 0 Å². The second-order valence-corrected chi connectivity index (χ2v) is 24.5. The molecule has 0 aromatic rings. The Balaban J connectivity index is 3.90. The van der Waals surface area contributed by atoms with E-state index in [1.807, 2.05) is 0 Å². The lowest BCUT2D eigenvalue weighted by Gasteiger charge is -2.18. The van der Waals surface area contributed by atoms with Gasteiger partial charge in [0.05, 0.1) is 0 Å². The van der Waals surface area contributed by atoms with Crippen LogP contribution in [0.5, 0.6) is 0 Å². The summed E-state index contributed by atoms with van der Waals surface area (Å²) in [5.74, 6) is -0.838. The molecule has 6 heteroatoms. The second kappa shape index (κ2) is 67.7. The van der Waals surface area contributed by atoms with Crippen molar-refractivity contribution in [2.24, 2.45) is 0 Å². The summed E-state index contributed by atoms with van der Waals surface area (Å²) in [4.78, 5) is 38.1. The van der Waals surface area contributed by atoms with Gasteiger partial charge in [0.25, 0.3) is 0 Å². The van der Waals surface area contributed by atoms with Gasteiger partial charge in [-0.25, -0.2) is 0 Å². The summed E-state index contributed by atoms with van der Waals surface area (Å²) in [5, 5.41) is 0. The van der Waals surface area contributed by atoms with Crippen LogP contribution in [0.15, 0.2) is 12.2 Å². The number of ether oxygens (including phenoxy) is 3. The molecule has 0 saturated carbocycles. The lowest BCUT2D eigenvalue weighted by molar-refractivity contribution is -0.167. The van der Waals surface area contributed by atoms with Crippen molar-refractivity contribution in [2.45, 2.75) is 419 Å². The van der Waals surface area contributed by atoms with Gasteiger partial charge in [-0.1, -0.05) is 360 Å². The lowest BCUT2D eigenvalue weighted by Crippen LogP contribution is -2.30. The highest BCUT2D eigenvalue weighted by Crippen LogP contribution is 2.19. The molecule has 0 fully saturated rings. The second-order valence-electron chi connectivity index (χ2n) is 24.5. The fourth-order valence-corrected chi connectivity index (χ4v) is 11.2. The van der Waals surface area contributed by atoms with E-state index < -0.39 is 6.10 Å². The Hall–Kier alpha value is -1.85. The summed E-state index contributed by atoms with van der Waals surface area (Å²) in [7, 11) is 0. The number of allylic oxidation sites excluding steroid dienone is 2. The third kappa shape index (κ3) is 65.0. The van der Waals surface area contributed by atoms with Gasteiger partial charge in [-0.2, -0.15) is 0 Å². The summed E-state index contributed by atoms with van der Waals surface area (Å²) in [6.07, 6.45) is 81.5. The molecule has 0 spiro atoms. The predicted octanol–water partition coefficient (Wildman–Crippen LogP) is 24.4. The molecule has 0 N–H and O–H groups in total. The van der Waals surface area contributed by atoms with E-state index >= 15 is 0 Å². The number of carbonyl (C=O) groups is 3. The van der Waals surface area contributed by atoms with Crippen LogP contribution in [0.1, 0.15) is 412 Å². The minimum Gasteiger partial charge on any atom is -0.462 e. The van der Waals surface area contributed by atoms with Crippen LogP contribution < -0.4 is 0 Å². The first-order valence-electron chi connectivity index (χ1n) is 35.7. The first kappa shape index (κ1) is 76.1. The average Bonchev–Trinajstić information content (AvgIpc) is 3.44. The van der Waals surface area contributed by atoms with Gasteiger partial charge in [-0.15, -0.1) is 0 Å². The van der Waals surface area contributed by atoms with Crippen LogP contribution in [0.4, 0.5) is 0 Å². The minimum absolute atomic E-state index is 0.0626. The molecule has 0 saturated heterocycles. The molecule has 0 amide bonds. The molecule has 0 aliphatic heterocycles. The SMILES string of the molecule is CCCCCCCCCC/C=C\CCCCCCCCCCCCCCCCCCCCCCCCCC(=O)OCC(COC(=O)CCCCCCCCC)OC(=O)CCCCCCCCCCCCCCCCCCCC. The zero-order valence-electron chi connectivity index (χ0n) is 53.2. The van der Waals surface area contributed by atoms with Gasteiger partial charge in [-0.3, -0.25) is 14.4 Å². The average molecular weight is 1100 g/mol. The van der Waals surface area contributed by atoms with Crippen molar-refractivity contribution in [1.29, 1.82) is 0 Å². The number of hydrogen-bond donors (Lipinski definition) is 0. The monoisotopic (exact) mass is 1100 g/mol. The molecule has 0 aliphatic carbocycles. The van der Waals surface area contributed by atoms with Crippen molar-refractivity contribution in [2.75, 3.05) is 13.2 Å². The maximum absolute atomic E-state index is 12.9. The highest BCUT2D eigenvalue weighted by atomic mass is 16.6. The van der Waals surface area contributed by atoms with Crippen LogP contribution in [-0.2, 0) is 28.6 Å². The standard InChI is InChI=1S/C72H138O6/c1-4-7-10-13-16-18-20-22-24-26-28-29-30-31-32-33-34-35-36-37-38-39-40-41-42-43-44-46-47-49-51-53-56-59-62-65-71(74)77-68-69(67-76-70(73)64-61-58-55-15-12-9-6-3)78-72(75)66-63-60-57-54-52-50-48-45-27-25-23-21-19-17-14-11-8-5-2/h26,28,69H,4-25,27,29-68H2,1-3H3/b28-26-. The number of hydrogen-bond acceptors (Lipinski definition) is 6. The van der Waals surface area contributed by atoms with Crippen molar-refractivity contribution < 1.29 is 28.6 Å². The van der Waals surface area contributed by atoms with E-state index in [2.05, 4.69) is 32.9 Å². The molecule has 0 bridgehead atoms. The zero-order valence-corrected chi connectivity index (χ0v) is 53.2. The van der Waals surface area contributed by atoms with Gasteiger partial charge >= 0.3 is 17.9 Å². The summed E-state index contributed by atoms with van der Waals surface area (Å²) < 4.78 is 16.9. The highest BCUT2D eigenvalue weighted by Gasteiger charge is 2.19. The molecular formula is C72H138O6. The van der Waals surface area contributed by atoms with Crippen molar-refractivity contribution in [3.63, 3.8) is 0 Å². The molecule has 0 heterocycles. The van der Waals surface area contributed by atoms with E-state index in [1.165, 1.54) is 315 Å². The molecule has 6 nitrogen and oxygen atoms in total. The molecule has 78 heavy (non-hydrogen) atoms. The van der Waals surface area contributed by atoms with Crippen LogP contribution >= 0.6 is 0 Å². The normalized spacial score (nSPS) is 12.0. The Labute approximate surface area is 488 Å². The van der Waals surface area contributed by atoms with Gasteiger partial charge < -0.3 is 14.2 Å². The summed E-state index contributed by atoms with van der Waals surface area (Å²) in [6.45, 7) is 6.68. The first-order valence-corrected chi connectivity index (χ1v) is 35.7. The van der Waals surface area contributed by atoms with Crippen molar-refractivity contribution in [1.82, 2.24) is 0 Å². The van der Waals surface area contributed by atoms with Gasteiger partial charge in [0.1, 0.15) is 13.2 Å². The van der Waals surface area contributed by atoms with Gasteiger partial charge in [0.15, 0.2) is 6.10 Å². The van der Waals surface area contributed by atoms with Crippen LogP contribution in [-0.4, -0.2) is 37.2 Å². The molecule has 1 unspecified atom stereocenters. The van der Waals surface area contributed by atoms with Crippen LogP contribution in [0.3, 0.4) is 0 Å². The number of esters is 3. The van der Waals surface area contributed by atoms with Gasteiger partial charge in [0, 0.05) is 19.3 Å². The Bertz CT molecular complexity index is 1210. The molecule has 1 atom stereocenters. The van der Waals surface area contributed by atoms with Crippen LogP contribution in [0, 0.1) is 0 Å². The van der Waals surface area contributed by atoms with E-state index in [4.69, 9.17) is 14.2 Å². The van der Waals surface area contributed by atoms with Crippen LogP contribution in [0.25, 0.3) is 0 Å². The van der Waals surface area contributed by atoms with E-state index in [-0.39, 0.29) is 31.1 Å². The zero-order chi connectivity index (χ0) is 56.4. The third-order valence-corrected chi connectivity index (χ3v) is 16.5. The Morgan fingerprint density at radius 2 is 0.423 bits per heavy atom. The molecule has 0 aromatic heterocycles. The minimum atomic E-state index is -0.762. The molecule has 462 valence electrons. The van der Waals surface area contributed by atoms with E-state index in [9.17, 15) is 14.4 Å². The highest BCUT2D eigenvalue weighted by molar-refractivity contribution is 5.71. The summed E-state index contributed by atoms with van der Waals surface area (Å²) in [6, 6.07) is 0. The number of rotatable bonds is 67. The topological polar surface area (TPSA) is 78.9 Å². The number of unbranched alkanes of at least 4 members (excludes halogenated alkanes) is 54. The van der Waals surface area contributed by atoms with E-state index in [0.29, 0.717) is 19.3 Å². The molecule has 0 rings (SSSR count). The molecule has 0 aliphatic rings. The van der Waals surface area contributed by atoms with Crippen molar-refractivity contribution >= 4 is 17.9 Å². The van der Waals surface area contributed by atoms with Gasteiger partial charge in [0.2, 0.25) is 0 Å². The maximum Gasteiger partial charge on any atom is 0.306 e. The number of carbonyl (C=O) groups excluding carboxylic acids is 3. The largest absolute Gasteiger partial charge is 0.462 e. The fraction of sp³-hybridized carbons (Fsp3) is 0.931. The fourth-order valence-electron chi connectivity index (χ4n) is 11.2. The van der Waals surface area contributed by atoms with Crippen molar-refractivity contribution in [3.8, 4) is 0 Å². The first-order chi connectivity index (χ1) is 38.5. The summed E-state index contributed by atoms with van der Waals surface area (Å²) in [5.41, 5.74) is 0. The lowest BCUT2D eigenvalue weighted by atomic mass is 10.0. The Kier molecular flexibility index (Phi) is 66.0. The Morgan fingerprint density at radius 3 is 0.641 bits per heavy atom.